The van der Waals surface area contributed by atoms with Gasteiger partial charge in [-0.1, -0.05) is 25.5 Å². The molecule has 3 N–H and O–H groups in total. The van der Waals surface area contributed by atoms with Crippen molar-refractivity contribution in [1.82, 2.24) is 24.4 Å². The first-order valence-corrected chi connectivity index (χ1v) is 10.7. The largest absolute Gasteiger partial charge is 0.330 e. The van der Waals surface area contributed by atoms with Gasteiger partial charge in [-0.05, 0) is 38.0 Å². The zero-order valence-electron chi connectivity index (χ0n) is 18.5. The van der Waals surface area contributed by atoms with Gasteiger partial charge in [0.15, 0.2) is 11.2 Å². The summed E-state index contributed by atoms with van der Waals surface area (Å²) in [6.07, 6.45) is 1.76. The fourth-order valence-corrected chi connectivity index (χ4v) is 3.67. The van der Waals surface area contributed by atoms with E-state index in [1.807, 2.05) is 42.7 Å². The molecule has 31 heavy (non-hydrogen) atoms. The van der Waals surface area contributed by atoms with E-state index in [1.54, 1.807) is 4.57 Å². The summed E-state index contributed by atoms with van der Waals surface area (Å²) in [4.78, 5) is 43.3. The highest BCUT2D eigenvalue weighted by molar-refractivity contribution is 5.88. The van der Waals surface area contributed by atoms with Crippen molar-refractivity contribution in [3.05, 3.63) is 56.5 Å². The van der Waals surface area contributed by atoms with Gasteiger partial charge in [0, 0.05) is 31.7 Å². The molecule has 0 bridgehead atoms. The van der Waals surface area contributed by atoms with Crippen molar-refractivity contribution in [2.24, 2.45) is 0 Å². The molecular formula is C22H30N6O3. The Hall–Kier alpha value is -3.20. The van der Waals surface area contributed by atoms with Crippen LogP contribution in [0.25, 0.3) is 11.2 Å². The number of hydrogen-bond donors (Lipinski definition) is 3. The molecular weight excluding hydrogens is 396 g/mol. The number of aryl methyl sites for hydroxylation is 2. The van der Waals surface area contributed by atoms with Gasteiger partial charge in [0.25, 0.3) is 5.56 Å². The fraction of sp³-hybridized carbons (Fsp3) is 0.455. The van der Waals surface area contributed by atoms with Crippen molar-refractivity contribution in [2.75, 3.05) is 5.32 Å². The lowest BCUT2D eigenvalue weighted by atomic mass is 10.1. The number of amides is 1. The number of rotatable bonds is 9. The molecule has 3 aromatic rings. The molecule has 0 radical (unpaired) electrons. The topological polar surface area (TPSA) is 114 Å². The minimum absolute atomic E-state index is 0.0144. The Balaban J connectivity index is 1.89. The van der Waals surface area contributed by atoms with Crippen molar-refractivity contribution in [3.63, 3.8) is 0 Å². The Morgan fingerprint density at radius 2 is 2.00 bits per heavy atom. The summed E-state index contributed by atoms with van der Waals surface area (Å²) < 4.78 is 3.40. The standard InChI is InChI=1S/C22H30N6O3/c1-5-7-11-28-20-19(21(30)26-22(28)31)27(6-2)18(25-20)13-23-14(3)16-9-8-10-17(12-16)24-15(4)29/h8-10,12,14,23H,5-7,11,13H2,1-4H3,(H,24,29)(H,26,30,31). The molecule has 9 heteroatoms. The molecule has 0 spiro atoms. The predicted molar refractivity (Wildman–Crippen MR) is 121 cm³/mol. The lowest BCUT2D eigenvalue weighted by molar-refractivity contribution is -0.114. The number of nitrogens with zero attached hydrogens (tertiary/aromatic N) is 3. The van der Waals surface area contributed by atoms with E-state index in [9.17, 15) is 14.4 Å². The molecule has 9 nitrogen and oxygen atoms in total. The molecule has 0 saturated carbocycles. The number of anilines is 1. The number of carbonyl (C=O) groups excluding carboxylic acids is 1. The second-order valence-corrected chi connectivity index (χ2v) is 7.62. The summed E-state index contributed by atoms with van der Waals surface area (Å²) in [5.74, 6) is 0.581. The summed E-state index contributed by atoms with van der Waals surface area (Å²) in [5.41, 5.74) is 1.78. The van der Waals surface area contributed by atoms with Gasteiger partial charge in [0.2, 0.25) is 5.91 Å². The Labute approximate surface area is 180 Å². The molecule has 2 heterocycles. The van der Waals surface area contributed by atoms with Crippen molar-refractivity contribution in [1.29, 1.82) is 0 Å². The van der Waals surface area contributed by atoms with Crippen molar-refractivity contribution in [3.8, 4) is 0 Å². The van der Waals surface area contributed by atoms with Gasteiger partial charge in [0.1, 0.15) is 5.82 Å². The van der Waals surface area contributed by atoms with Gasteiger partial charge in [-0.2, -0.15) is 0 Å². The zero-order valence-corrected chi connectivity index (χ0v) is 18.5. The molecule has 0 aliphatic carbocycles. The lowest BCUT2D eigenvalue weighted by Gasteiger charge is -2.16. The van der Waals surface area contributed by atoms with E-state index < -0.39 is 11.2 Å². The quantitative estimate of drug-likeness (QED) is 0.486. The zero-order chi connectivity index (χ0) is 22.5. The Morgan fingerprint density at radius 1 is 1.23 bits per heavy atom. The number of imidazole rings is 1. The summed E-state index contributed by atoms with van der Waals surface area (Å²) in [6, 6.07) is 7.63. The van der Waals surface area contributed by atoms with Gasteiger partial charge in [0.05, 0.1) is 6.54 Å². The average Bonchev–Trinajstić information content (AvgIpc) is 3.10. The van der Waals surface area contributed by atoms with Crippen LogP contribution in [0.1, 0.15) is 58.0 Å². The second kappa shape index (κ2) is 9.74. The Morgan fingerprint density at radius 3 is 2.68 bits per heavy atom. The summed E-state index contributed by atoms with van der Waals surface area (Å²) in [5, 5.41) is 6.22. The predicted octanol–water partition coefficient (Wildman–Crippen LogP) is 2.52. The number of unbranched alkanes of at least 4 members (excludes halogenated alkanes) is 1. The van der Waals surface area contributed by atoms with E-state index in [1.165, 1.54) is 6.92 Å². The van der Waals surface area contributed by atoms with Crippen LogP contribution in [0.5, 0.6) is 0 Å². The van der Waals surface area contributed by atoms with Crippen LogP contribution in [0.15, 0.2) is 33.9 Å². The highest BCUT2D eigenvalue weighted by atomic mass is 16.2. The minimum atomic E-state index is -0.422. The van der Waals surface area contributed by atoms with Crippen LogP contribution in [0.2, 0.25) is 0 Å². The number of fused-ring (bicyclic) bond motifs is 1. The molecule has 1 atom stereocenters. The van der Waals surface area contributed by atoms with Crippen LogP contribution >= 0.6 is 0 Å². The molecule has 166 valence electrons. The highest BCUT2D eigenvalue weighted by Gasteiger charge is 2.18. The number of H-pyrrole nitrogens is 1. The van der Waals surface area contributed by atoms with E-state index in [-0.39, 0.29) is 11.9 Å². The smallest absolute Gasteiger partial charge is 0.326 e. The summed E-state index contributed by atoms with van der Waals surface area (Å²) in [6.45, 7) is 9.01. The van der Waals surface area contributed by atoms with E-state index in [0.29, 0.717) is 36.6 Å². The molecule has 0 aliphatic heterocycles. The maximum atomic E-state index is 12.5. The molecule has 1 aromatic carbocycles. The number of benzene rings is 1. The van der Waals surface area contributed by atoms with Gasteiger partial charge in [-0.3, -0.25) is 19.1 Å². The maximum Gasteiger partial charge on any atom is 0.330 e. The van der Waals surface area contributed by atoms with Crippen molar-refractivity contribution in [2.45, 2.75) is 66.2 Å². The van der Waals surface area contributed by atoms with Crippen LogP contribution < -0.4 is 21.9 Å². The average molecular weight is 427 g/mol. The molecule has 0 saturated heterocycles. The number of aromatic amines is 1. The van der Waals surface area contributed by atoms with E-state index >= 15 is 0 Å². The third-order valence-electron chi connectivity index (χ3n) is 5.29. The van der Waals surface area contributed by atoms with Crippen LogP contribution in [-0.2, 0) is 24.4 Å². The van der Waals surface area contributed by atoms with Gasteiger partial charge >= 0.3 is 5.69 Å². The lowest BCUT2D eigenvalue weighted by Crippen LogP contribution is -2.31. The van der Waals surface area contributed by atoms with Gasteiger partial charge in [-0.25, -0.2) is 9.78 Å². The molecule has 0 fully saturated rings. The van der Waals surface area contributed by atoms with Crippen LogP contribution in [0, 0.1) is 0 Å². The van der Waals surface area contributed by atoms with Crippen LogP contribution in [0.4, 0.5) is 5.69 Å². The third kappa shape index (κ3) is 4.93. The first kappa shape index (κ1) is 22.5. The molecule has 3 rings (SSSR count). The number of aromatic nitrogens is 4. The summed E-state index contributed by atoms with van der Waals surface area (Å²) in [7, 11) is 0. The highest BCUT2D eigenvalue weighted by Crippen LogP contribution is 2.19. The fourth-order valence-electron chi connectivity index (χ4n) is 3.67. The van der Waals surface area contributed by atoms with Crippen molar-refractivity contribution < 1.29 is 4.79 Å². The molecule has 2 aromatic heterocycles. The number of nitrogens with one attached hydrogen (secondary N) is 3. The second-order valence-electron chi connectivity index (χ2n) is 7.62. The SMILES string of the molecule is CCCCn1c(=O)[nH]c(=O)c2c1nc(CNC(C)c1cccc(NC(C)=O)c1)n2CC. The van der Waals surface area contributed by atoms with E-state index in [2.05, 4.69) is 27.5 Å². The van der Waals surface area contributed by atoms with E-state index in [4.69, 9.17) is 0 Å². The molecule has 1 unspecified atom stereocenters. The van der Waals surface area contributed by atoms with Crippen molar-refractivity contribution >= 4 is 22.8 Å². The first-order chi connectivity index (χ1) is 14.8. The monoisotopic (exact) mass is 426 g/mol. The molecule has 1 amide bonds. The first-order valence-electron chi connectivity index (χ1n) is 10.7. The molecule has 0 aliphatic rings. The number of hydrogen-bond acceptors (Lipinski definition) is 5. The number of carbonyl (C=O) groups is 1. The van der Waals surface area contributed by atoms with E-state index in [0.717, 1.165) is 24.1 Å². The Bertz CT molecular complexity index is 1190. The van der Waals surface area contributed by atoms with Crippen LogP contribution in [-0.4, -0.2) is 25.0 Å². The maximum absolute atomic E-state index is 12.5. The van der Waals surface area contributed by atoms with Gasteiger partial charge < -0.3 is 15.2 Å². The van der Waals surface area contributed by atoms with Crippen LogP contribution in [0.3, 0.4) is 0 Å². The third-order valence-corrected chi connectivity index (χ3v) is 5.29. The summed E-state index contributed by atoms with van der Waals surface area (Å²) >= 11 is 0. The Kier molecular flexibility index (Phi) is 7.06. The normalized spacial score (nSPS) is 12.3. The minimum Gasteiger partial charge on any atom is -0.326 e. The van der Waals surface area contributed by atoms with Gasteiger partial charge in [-0.15, -0.1) is 0 Å².